The van der Waals surface area contributed by atoms with Gasteiger partial charge in [0.05, 0.1) is 13.2 Å². The molecule has 7 atom stereocenters. The lowest BCUT2D eigenvalue weighted by Crippen LogP contribution is -2.66. The van der Waals surface area contributed by atoms with Gasteiger partial charge >= 0.3 is 12.3 Å². The Bertz CT molecular complexity index is 2170. The number of fused-ring (bicyclic) bond motifs is 3. The zero-order valence-electron chi connectivity index (χ0n) is 33.9. The molecule has 0 radical (unpaired) electrons. The molecule has 3 heterocycles. The lowest BCUT2D eigenvalue weighted by atomic mass is 9.85. The molecular formula is C40H50F5N5O9S. The number of amides is 4. The third-order valence-electron chi connectivity index (χ3n) is 12.4. The van der Waals surface area contributed by atoms with Crippen molar-refractivity contribution in [3.63, 3.8) is 0 Å². The molecule has 4 aliphatic rings. The Morgan fingerprint density at radius 1 is 1.15 bits per heavy atom. The third kappa shape index (κ3) is 8.31. The Morgan fingerprint density at radius 2 is 1.85 bits per heavy atom. The molecule has 60 heavy (non-hydrogen) atoms. The zero-order valence-corrected chi connectivity index (χ0v) is 34.7. The maximum atomic E-state index is 15.1. The number of benzene rings is 1. The minimum atomic E-state index is -5.15. The summed E-state index contributed by atoms with van der Waals surface area (Å²) in [4.78, 5) is 61.6. The van der Waals surface area contributed by atoms with E-state index in [-0.39, 0.29) is 66.5 Å². The zero-order chi connectivity index (χ0) is 44.2. The smallest absolute Gasteiger partial charge is 0.411 e. The number of hydrogen-bond acceptors (Lipinski definition) is 9. The first-order valence-corrected chi connectivity index (χ1v) is 21.4. The second-order valence-electron chi connectivity index (χ2n) is 17.0. The van der Waals surface area contributed by atoms with Crippen LogP contribution in [0.5, 0.6) is 11.6 Å². The molecule has 14 nitrogen and oxygen atoms in total. The summed E-state index contributed by atoms with van der Waals surface area (Å²) in [5.41, 5.74) is -4.97. The number of carbonyl (C=O) groups excluding carboxylic acids is 3. The predicted octanol–water partition coefficient (Wildman–Crippen LogP) is 5.65. The standard InChI is InChI=1S/C40H50F5N5O9S/c1-6-58-30-16-24-11-14-46-33(27(24)18-28(30)42)59-26-17-29-32(51)47-39(35(53)48-60(56,57)38(21-41)12-13-38)19-25(39)10-8-7-9-22(2)15-23(3)31(34(52)49(29)20-26)50(36(54)55)37(4,5)40(43,44)45/h8,10-11,14,16,18,22-23,25-26,29,31H,6-7,9,12-13,15,17,19-21H2,1-5H3,(H,47,51)(H,48,53)(H,54,55)/b10-8-/t22-,23+,25+,26+,29-,31-,39+/m0/s1. The van der Waals surface area contributed by atoms with E-state index in [0.29, 0.717) is 32.1 Å². The van der Waals surface area contributed by atoms with Crippen LogP contribution in [0.3, 0.4) is 0 Å². The second kappa shape index (κ2) is 16.3. The number of allylic oxidation sites excluding steroid dienone is 1. The fourth-order valence-corrected chi connectivity index (χ4v) is 9.83. The molecular weight excluding hydrogens is 822 g/mol. The van der Waals surface area contributed by atoms with Crippen LogP contribution in [0, 0.1) is 23.6 Å². The van der Waals surface area contributed by atoms with E-state index in [0.717, 1.165) is 11.0 Å². The van der Waals surface area contributed by atoms with Gasteiger partial charge in [0.2, 0.25) is 27.7 Å². The highest BCUT2D eigenvalue weighted by Gasteiger charge is 2.64. The summed E-state index contributed by atoms with van der Waals surface area (Å²) in [5.74, 6) is -6.17. The molecule has 4 amide bonds. The van der Waals surface area contributed by atoms with E-state index in [1.165, 1.54) is 19.2 Å². The number of hydrogen-bond donors (Lipinski definition) is 3. The van der Waals surface area contributed by atoms with Crippen LogP contribution < -0.4 is 19.5 Å². The van der Waals surface area contributed by atoms with Gasteiger partial charge in [0.25, 0.3) is 5.91 Å². The number of alkyl halides is 4. The lowest BCUT2D eigenvalue weighted by molar-refractivity contribution is -0.222. The van der Waals surface area contributed by atoms with Crippen LogP contribution >= 0.6 is 0 Å². The second-order valence-corrected chi connectivity index (χ2v) is 19.1. The summed E-state index contributed by atoms with van der Waals surface area (Å²) in [5, 5.41) is 13.7. The van der Waals surface area contributed by atoms with Crippen molar-refractivity contribution in [2.24, 2.45) is 17.8 Å². The predicted molar refractivity (Wildman–Crippen MR) is 206 cm³/mol. The monoisotopic (exact) mass is 871 g/mol. The molecule has 2 aliphatic heterocycles. The molecule has 2 aromatic rings. The maximum Gasteiger partial charge on any atom is 0.411 e. The van der Waals surface area contributed by atoms with Crippen LogP contribution in [-0.4, -0.2) is 112 Å². The molecule has 1 saturated heterocycles. The van der Waals surface area contributed by atoms with Gasteiger partial charge in [-0.1, -0.05) is 26.0 Å². The van der Waals surface area contributed by atoms with Crippen LogP contribution in [0.25, 0.3) is 10.8 Å². The van der Waals surface area contributed by atoms with Crippen LogP contribution in [0.15, 0.2) is 36.5 Å². The van der Waals surface area contributed by atoms with Crippen molar-refractivity contribution in [1.29, 1.82) is 0 Å². The fourth-order valence-electron chi connectivity index (χ4n) is 8.40. The average Bonchev–Trinajstić information content (AvgIpc) is 4.06. The van der Waals surface area contributed by atoms with Gasteiger partial charge < -0.3 is 24.8 Å². The number of carboxylic acid groups (broad SMARTS) is 1. The van der Waals surface area contributed by atoms with Gasteiger partial charge in [-0.05, 0) is 94.7 Å². The summed E-state index contributed by atoms with van der Waals surface area (Å²) in [7, 11) is -4.53. The number of nitrogens with one attached hydrogen (secondary N) is 2. The van der Waals surface area contributed by atoms with Crippen molar-refractivity contribution in [1.82, 2.24) is 24.8 Å². The number of pyridine rings is 1. The minimum absolute atomic E-state index is 0.0164. The van der Waals surface area contributed by atoms with E-state index in [9.17, 15) is 50.3 Å². The van der Waals surface area contributed by atoms with E-state index in [1.807, 2.05) is 4.72 Å². The van der Waals surface area contributed by atoms with Gasteiger partial charge in [-0.15, -0.1) is 0 Å². The Kier molecular flexibility index (Phi) is 12.1. The van der Waals surface area contributed by atoms with Gasteiger partial charge in [-0.2, -0.15) is 13.2 Å². The number of halogens is 5. The number of sulfonamides is 1. The molecule has 0 spiro atoms. The minimum Gasteiger partial charge on any atom is -0.491 e. The quantitative estimate of drug-likeness (QED) is 0.199. The van der Waals surface area contributed by atoms with E-state index >= 15 is 4.39 Å². The summed E-state index contributed by atoms with van der Waals surface area (Å²) in [6.45, 7) is 4.70. The average molecular weight is 872 g/mol. The first-order chi connectivity index (χ1) is 28.0. The van der Waals surface area contributed by atoms with Crippen LogP contribution in [-0.2, 0) is 24.4 Å². The van der Waals surface area contributed by atoms with E-state index in [4.69, 9.17) is 9.47 Å². The van der Waals surface area contributed by atoms with Gasteiger partial charge in [0, 0.05) is 23.9 Å². The van der Waals surface area contributed by atoms with Gasteiger partial charge in [-0.3, -0.25) is 24.0 Å². The summed E-state index contributed by atoms with van der Waals surface area (Å²) in [6, 6.07) is 0.540. The highest BCUT2D eigenvalue weighted by atomic mass is 32.2. The fraction of sp³-hybridized carbons (Fsp3) is 0.625. The molecule has 1 aromatic heterocycles. The number of rotatable bonds is 10. The van der Waals surface area contributed by atoms with Crippen LogP contribution in [0.2, 0.25) is 0 Å². The van der Waals surface area contributed by atoms with Crippen molar-refractivity contribution in [2.75, 3.05) is 19.8 Å². The number of aromatic nitrogens is 1. The first-order valence-electron chi connectivity index (χ1n) is 19.9. The molecule has 1 aromatic carbocycles. The first kappa shape index (κ1) is 44.8. The summed E-state index contributed by atoms with van der Waals surface area (Å²) in [6.07, 6.45) is -3.10. The van der Waals surface area contributed by atoms with Gasteiger partial charge in [-0.25, -0.2) is 27.0 Å². The Hall–Kier alpha value is -4.75. The van der Waals surface area contributed by atoms with Crippen molar-refractivity contribution in [2.45, 2.75) is 120 Å². The highest BCUT2D eigenvalue weighted by molar-refractivity contribution is 7.91. The SMILES string of the molecule is CCOc1cc2ccnc(O[C@@H]3C[C@H]4C(=O)N[C@]5(C(=O)NS(=O)(=O)C6(CF)CC6)C[C@H]5/C=C\CC[C@H](C)C[C@@H](C)[C@H](N(C(=O)O)C(C)(C)C(F)(F)F)C(=O)N4C3)c2cc1F. The van der Waals surface area contributed by atoms with E-state index < -0.39 is 105 Å². The highest BCUT2D eigenvalue weighted by Crippen LogP contribution is 2.48. The number of carbonyl (C=O) groups is 4. The summed E-state index contributed by atoms with van der Waals surface area (Å²) < 4.78 is 111. The molecule has 3 fully saturated rings. The molecule has 0 unspecified atom stereocenters. The topological polar surface area (TPSA) is 185 Å². The molecule has 6 rings (SSSR count). The Labute approximate surface area is 344 Å². The van der Waals surface area contributed by atoms with E-state index in [1.54, 1.807) is 32.1 Å². The molecule has 330 valence electrons. The Balaban J connectivity index is 1.42. The van der Waals surface area contributed by atoms with Gasteiger partial charge in [0.1, 0.15) is 40.7 Å². The normalized spacial score (nSPS) is 28.9. The van der Waals surface area contributed by atoms with Crippen molar-refractivity contribution >= 4 is 44.6 Å². The van der Waals surface area contributed by atoms with Crippen molar-refractivity contribution in [3.8, 4) is 11.6 Å². The number of ether oxygens (including phenoxy) is 2. The molecule has 2 saturated carbocycles. The number of nitrogens with zero attached hydrogens (tertiary/aromatic N) is 3. The largest absolute Gasteiger partial charge is 0.491 e. The molecule has 20 heteroatoms. The third-order valence-corrected chi connectivity index (χ3v) is 14.5. The Morgan fingerprint density at radius 3 is 2.47 bits per heavy atom. The molecule has 2 aliphatic carbocycles. The van der Waals surface area contributed by atoms with Gasteiger partial charge in [0.15, 0.2) is 11.6 Å². The van der Waals surface area contributed by atoms with Crippen molar-refractivity contribution in [3.05, 3.63) is 42.4 Å². The maximum absolute atomic E-state index is 15.1. The molecule has 3 N–H and O–H groups in total. The van der Waals surface area contributed by atoms with Crippen LogP contribution in [0.1, 0.15) is 79.6 Å². The van der Waals surface area contributed by atoms with E-state index in [2.05, 4.69) is 10.3 Å². The lowest BCUT2D eigenvalue weighted by Gasteiger charge is -2.45. The summed E-state index contributed by atoms with van der Waals surface area (Å²) >= 11 is 0. The molecule has 0 bridgehead atoms. The van der Waals surface area contributed by atoms with Crippen molar-refractivity contribution < 1.29 is 64.1 Å². The van der Waals surface area contributed by atoms with Crippen LogP contribution in [0.4, 0.5) is 26.7 Å².